The molecule has 2 heterocycles. The summed E-state index contributed by atoms with van der Waals surface area (Å²) in [4.78, 5) is 6.78. The van der Waals surface area contributed by atoms with E-state index >= 15 is 0 Å². The van der Waals surface area contributed by atoms with Crippen LogP contribution >= 0.6 is 12.4 Å². The maximum atomic E-state index is 5.39. The van der Waals surface area contributed by atoms with Gasteiger partial charge in [0, 0.05) is 30.0 Å². The van der Waals surface area contributed by atoms with Crippen molar-refractivity contribution in [3.63, 3.8) is 0 Å². The molecule has 1 N–H and O–H groups in total. The highest BCUT2D eigenvalue weighted by atomic mass is 35.5. The number of para-hydroxylation sites is 1. The molecular formula is C19H21ClN4O2. The summed E-state index contributed by atoms with van der Waals surface area (Å²) in [5, 5.41) is 7.34. The van der Waals surface area contributed by atoms with E-state index in [4.69, 9.17) is 9.26 Å². The van der Waals surface area contributed by atoms with Crippen LogP contribution in [-0.4, -0.2) is 36.4 Å². The van der Waals surface area contributed by atoms with Crippen molar-refractivity contribution in [2.24, 2.45) is 0 Å². The molecular weight excluding hydrogens is 352 g/mol. The lowest BCUT2D eigenvalue weighted by Crippen LogP contribution is -2.36. The van der Waals surface area contributed by atoms with Crippen LogP contribution in [-0.2, 0) is 11.3 Å². The number of halogens is 1. The molecule has 1 saturated heterocycles. The summed E-state index contributed by atoms with van der Waals surface area (Å²) >= 11 is 0. The topological polar surface area (TPSA) is 63.4 Å². The molecule has 0 amide bonds. The van der Waals surface area contributed by atoms with Gasteiger partial charge in [-0.2, -0.15) is 4.98 Å². The Balaban J connectivity index is 0.00000196. The van der Waals surface area contributed by atoms with Gasteiger partial charge in [-0.25, -0.2) is 0 Å². The molecule has 0 unspecified atom stereocenters. The minimum absolute atomic E-state index is 0. The number of morpholine rings is 1. The molecule has 4 rings (SSSR count). The zero-order valence-corrected chi connectivity index (χ0v) is 15.1. The monoisotopic (exact) mass is 372 g/mol. The molecule has 0 aliphatic carbocycles. The van der Waals surface area contributed by atoms with Crippen LogP contribution in [0.5, 0.6) is 0 Å². The number of hydrogen-bond acceptors (Lipinski definition) is 6. The normalized spacial score (nSPS) is 13.9. The molecule has 1 aliphatic rings. The van der Waals surface area contributed by atoms with Crippen LogP contribution in [0.4, 0.5) is 11.4 Å². The molecule has 6 nitrogen and oxygen atoms in total. The minimum atomic E-state index is 0. The van der Waals surface area contributed by atoms with Gasteiger partial charge in [0.05, 0.1) is 19.8 Å². The summed E-state index contributed by atoms with van der Waals surface area (Å²) in [5.41, 5.74) is 3.17. The summed E-state index contributed by atoms with van der Waals surface area (Å²) in [6.45, 7) is 3.92. The van der Waals surface area contributed by atoms with Crippen molar-refractivity contribution in [2.75, 3.05) is 36.5 Å². The molecule has 136 valence electrons. The fraction of sp³-hybridized carbons (Fsp3) is 0.263. The molecule has 0 saturated carbocycles. The first-order valence-electron chi connectivity index (χ1n) is 8.43. The van der Waals surface area contributed by atoms with Gasteiger partial charge < -0.3 is 19.5 Å². The SMILES string of the molecule is Cl.c1ccc(NCc2nc(-c3ccc(N4CCOCC4)cc3)no2)cc1. The molecule has 7 heteroatoms. The van der Waals surface area contributed by atoms with Crippen molar-refractivity contribution in [1.82, 2.24) is 10.1 Å². The average molecular weight is 373 g/mol. The van der Waals surface area contributed by atoms with Crippen LogP contribution in [0, 0.1) is 0 Å². The lowest BCUT2D eigenvalue weighted by Gasteiger charge is -2.28. The molecule has 0 bridgehead atoms. The standard InChI is InChI=1S/C19H20N4O2.ClH/c1-2-4-16(5-3-1)20-14-18-21-19(22-25-18)15-6-8-17(9-7-15)23-10-12-24-13-11-23;/h1-9,20H,10-14H2;1H. The van der Waals surface area contributed by atoms with Crippen LogP contribution < -0.4 is 10.2 Å². The summed E-state index contributed by atoms with van der Waals surface area (Å²) < 4.78 is 10.7. The van der Waals surface area contributed by atoms with Crippen molar-refractivity contribution >= 4 is 23.8 Å². The first-order chi connectivity index (χ1) is 12.4. The van der Waals surface area contributed by atoms with E-state index in [1.54, 1.807) is 0 Å². The van der Waals surface area contributed by atoms with Gasteiger partial charge in [0.15, 0.2) is 0 Å². The quantitative estimate of drug-likeness (QED) is 0.738. The minimum Gasteiger partial charge on any atom is -0.378 e. The lowest BCUT2D eigenvalue weighted by atomic mass is 10.2. The molecule has 0 spiro atoms. The van der Waals surface area contributed by atoms with Crippen molar-refractivity contribution in [3.05, 3.63) is 60.5 Å². The van der Waals surface area contributed by atoms with E-state index in [-0.39, 0.29) is 12.4 Å². The van der Waals surface area contributed by atoms with Gasteiger partial charge >= 0.3 is 0 Å². The van der Waals surface area contributed by atoms with E-state index in [1.807, 2.05) is 42.5 Å². The second-order valence-electron chi connectivity index (χ2n) is 5.88. The number of rotatable bonds is 5. The number of nitrogens with zero attached hydrogens (tertiary/aromatic N) is 3. The maximum Gasteiger partial charge on any atom is 0.246 e. The molecule has 0 radical (unpaired) electrons. The first-order valence-corrected chi connectivity index (χ1v) is 8.43. The summed E-state index contributed by atoms with van der Waals surface area (Å²) in [6.07, 6.45) is 0. The van der Waals surface area contributed by atoms with Gasteiger partial charge in [0.2, 0.25) is 11.7 Å². The van der Waals surface area contributed by atoms with E-state index in [0.29, 0.717) is 18.3 Å². The highest BCUT2D eigenvalue weighted by molar-refractivity contribution is 5.85. The third-order valence-corrected chi connectivity index (χ3v) is 4.19. The number of aromatic nitrogens is 2. The highest BCUT2D eigenvalue weighted by Crippen LogP contribution is 2.22. The largest absolute Gasteiger partial charge is 0.378 e. The van der Waals surface area contributed by atoms with Gasteiger partial charge in [-0.3, -0.25) is 0 Å². The fourth-order valence-electron chi connectivity index (χ4n) is 2.82. The van der Waals surface area contributed by atoms with Crippen LogP contribution in [0.1, 0.15) is 5.89 Å². The Labute approximate surface area is 158 Å². The zero-order valence-electron chi connectivity index (χ0n) is 14.3. The number of anilines is 2. The smallest absolute Gasteiger partial charge is 0.246 e. The maximum absolute atomic E-state index is 5.39. The Morgan fingerprint density at radius 1 is 0.962 bits per heavy atom. The van der Waals surface area contributed by atoms with E-state index in [2.05, 4.69) is 32.5 Å². The molecule has 1 aliphatic heterocycles. The van der Waals surface area contributed by atoms with Crippen LogP contribution in [0.15, 0.2) is 59.1 Å². The predicted molar refractivity (Wildman–Crippen MR) is 104 cm³/mol. The second kappa shape index (κ2) is 8.69. The Bertz CT molecular complexity index is 802. The van der Waals surface area contributed by atoms with Gasteiger partial charge in [0.1, 0.15) is 0 Å². The van der Waals surface area contributed by atoms with E-state index in [0.717, 1.165) is 37.6 Å². The van der Waals surface area contributed by atoms with Gasteiger partial charge in [-0.05, 0) is 36.4 Å². The van der Waals surface area contributed by atoms with Crippen molar-refractivity contribution in [3.8, 4) is 11.4 Å². The van der Waals surface area contributed by atoms with E-state index < -0.39 is 0 Å². The second-order valence-corrected chi connectivity index (χ2v) is 5.88. The van der Waals surface area contributed by atoms with Gasteiger partial charge in [-0.15, -0.1) is 12.4 Å². The van der Waals surface area contributed by atoms with Crippen LogP contribution in [0.3, 0.4) is 0 Å². The summed E-state index contributed by atoms with van der Waals surface area (Å²) in [5.74, 6) is 1.18. The van der Waals surface area contributed by atoms with E-state index in [1.165, 1.54) is 5.69 Å². The van der Waals surface area contributed by atoms with Crippen LogP contribution in [0.25, 0.3) is 11.4 Å². The lowest BCUT2D eigenvalue weighted by molar-refractivity contribution is 0.122. The molecule has 1 fully saturated rings. The Kier molecular flexibility index (Phi) is 6.09. The third-order valence-electron chi connectivity index (χ3n) is 4.19. The summed E-state index contributed by atoms with van der Waals surface area (Å²) in [6, 6.07) is 18.2. The Morgan fingerprint density at radius 2 is 1.69 bits per heavy atom. The predicted octanol–water partition coefficient (Wildman–Crippen LogP) is 3.61. The summed E-state index contributed by atoms with van der Waals surface area (Å²) in [7, 11) is 0. The van der Waals surface area contributed by atoms with Crippen molar-refractivity contribution in [2.45, 2.75) is 6.54 Å². The molecule has 26 heavy (non-hydrogen) atoms. The fourth-order valence-corrected chi connectivity index (χ4v) is 2.82. The number of ether oxygens (including phenoxy) is 1. The molecule has 1 aromatic heterocycles. The Hall–Kier alpha value is -2.57. The average Bonchev–Trinajstić information content (AvgIpc) is 3.17. The van der Waals surface area contributed by atoms with Crippen LogP contribution in [0.2, 0.25) is 0 Å². The molecule has 2 aromatic carbocycles. The molecule has 3 aromatic rings. The third kappa shape index (κ3) is 4.33. The van der Waals surface area contributed by atoms with Gasteiger partial charge in [0.25, 0.3) is 0 Å². The molecule has 0 atom stereocenters. The zero-order chi connectivity index (χ0) is 16.9. The van der Waals surface area contributed by atoms with Crippen molar-refractivity contribution in [1.29, 1.82) is 0 Å². The number of hydrogen-bond donors (Lipinski definition) is 1. The number of nitrogens with one attached hydrogen (secondary N) is 1. The van der Waals surface area contributed by atoms with Gasteiger partial charge in [-0.1, -0.05) is 23.4 Å². The van der Waals surface area contributed by atoms with E-state index in [9.17, 15) is 0 Å². The first kappa shape index (κ1) is 18.2. The Morgan fingerprint density at radius 3 is 2.42 bits per heavy atom. The highest BCUT2D eigenvalue weighted by Gasteiger charge is 2.12. The van der Waals surface area contributed by atoms with Crippen molar-refractivity contribution < 1.29 is 9.26 Å². The number of benzene rings is 2.